The standard InChI is InChI=1S/C14H21N3O/c1-13(2,3)10-14(4,12(15)18)17-16-11-8-6-5-7-9-11/h5-9H,10H2,1-4H3,(H2,15,18). The van der Waals surface area contributed by atoms with Crippen molar-refractivity contribution in [3.8, 4) is 0 Å². The van der Waals surface area contributed by atoms with Gasteiger partial charge in [-0.25, -0.2) is 0 Å². The molecule has 0 spiro atoms. The van der Waals surface area contributed by atoms with Crippen LogP contribution >= 0.6 is 0 Å². The third-order valence-electron chi connectivity index (χ3n) is 2.55. The molecule has 1 aromatic rings. The number of nitrogens with two attached hydrogens (primary N) is 1. The second-order valence-electron chi connectivity index (χ2n) is 5.91. The molecule has 4 heteroatoms. The third kappa shape index (κ3) is 4.28. The highest BCUT2D eigenvalue weighted by Crippen LogP contribution is 2.30. The first-order chi connectivity index (χ1) is 8.23. The van der Waals surface area contributed by atoms with Gasteiger partial charge in [0.25, 0.3) is 0 Å². The van der Waals surface area contributed by atoms with Crippen LogP contribution < -0.4 is 5.73 Å². The molecule has 0 saturated heterocycles. The van der Waals surface area contributed by atoms with Crippen molar-refractivity contribution in [2.45, 2.75) is 39.7 Å². The average molecular weight is 247 g/mol. The highest BCUT2D eigenvalue weighted by atomic mass is 16.1. The zero-order chi connectivity index (χ0) is 13.8. The number of hydrogen-bond acceptors (Lipinski definition) is 3. The van der Waals surface area contributed by atoms with E-state index in [1.54, 1.807) is 6.92 Å². The normalized spacial score (nSPS) is 15.6. The quantitative estimate of drug-likeness (QED) is 0.813. The predicted molar refractivity (Wildman–Crippen MR) is 72.6 cm³/mol. The molecule has 1 atom stereocenters. The summed E-state index contributed by atoms with van der Waals surface area (Å²) in [5.74, 6) is -0.447. The van der Waals surface area contributed by atoms with Gasteiger partial charge in [0.1, 0.15) is 0 Å². The van der Waals surface area contributed by atoms with E-state index in [4.69, 9.17) is 5.73 Å². The van der Waals surface area contributed by atoms with Gasteiger partial charge in [0, 0.05) is 0 Å². The number of carbonyl (C=O) groups excluding carboxylic acids is 1. The van der Waals surface area contributed by atoms with Gasteiger partial charge >= 0.3 is 0 Å². The van der Waals surface area contributed by atoms with Gasteiger partial charge in [0.2, 0.25) is 5.91 Å². The largest absolute Gasteiger partial charge is 0.368 e. The van der Waals surface area contributed by atoms with Crippen LogP contribution in [0.2, 0.25) is 0 Å². The summed E-state index contributed by atoms with van der Waals surface area (Å²) in [6.07, 6.45) is 0.561. The number of hydrogen-bond donors (Lipinski definition) is 1. The minimum Gasteiger partial charge on any atom is -0.368 e. The minimum absolute atomic E-state index is 0.0422. The molecule has 0 aliphatic heterocycles. The molecule has 0 aliphatic carbocycles. The van der Waals surface area contributed by atoms with Crippen LogP contribution in [0.25, 0.3) is 0 Å². The van der Waals surface area contributed by atoms with Crippen molar-refractivity contribution in [3.05, 3.63) is 30.3 Å². The first-order valence-corrected chi connectivity index (χ1v) is 6.01. The Balaban J connectivity index is 2.94. The van der Waals surface area contributed by atoms with Crippen LogP contribution in [-0.2, 0) is 4.79 Å². The number of nitrogens with zero attached hydrogens (tertiary/aromatic N) is 2. The van der Waals surface area contributed by atoms with Crippen molar-refractivity contribution in [2.75, 3.05) is 0 Å². The van der Waals surface area contributed by atoms with Gasteiger partial charge in [-0.05, 0) is 30.9 Å². The molecule has 2 N–H and O–H groups in total. The summed E-state index contributed by atoms with van der Waals surface area (Å²) in [5, 5.41) is 8.27. The van der Waals surface area contributed by atoms with Crippen molar-refractivity contribution >= 4 is 11.6 Å². The van der Waals surface area contributed by atoms with Gasteiger partial charge in [-0.15, -0.1) is 0 Å². The lowest BCUT2D eigenvalue weighted by atomic mass is 9.81. The molecule has 1 unspecified atom stereocenters. The molecule has 0 aromatic heterocycles. The van der Waals surface area contributed by atoms with E-state index in [-0.39, 0.29) is 5.41 Å². The summed E-state index contributed by atoms with van der Waals surface area (Å²) in [6.45, 7) is 7.87. The van der Waals surface area contributed by atoms with Crippen molar-refractivity contribution in [1.29, 1.82) is 0 Å². The van der Waals surface area contributed by atoms with E-state index in [0.717, 1.165) is 5.69 Å². The third-order valence-corrected chi connectivity index (χ3v) is 2.55. The number of carbonyl (C=O) groups is 1. The summed E-state index contributed by atoms with van der Waals surface area (Å²) in [6, 6.07) is 9.32. The number of amides is 1. The first-order valence-electron chi connectivity index (χ1n) is 6.01. The molecule has 0 radical (unpaired) electrons. The Morgan fingerprint density at radius 3 is 2.17 bits per heavy atom. The Kier molecular flexibility index (Phi) is 4.22. The van der Waals surface area contributed by atoms with Crippen LogP contribution in [0.15, 0.2) is 40.6 Å². The molecule has 0 aliphatic rings. The van der Waals surface area contributed by atoms with E-state index >= 15 is 0 Å². The van der Waals surface area contributed by atoms with E-state index in [0.29, 0.717) is 6.42 Å². The first kappa shape index (κ1) is 14.4. The number of rotatable bonds is 4. The average Bonchev–Trinajstić information content (AvgIpc) is 2.25. The van der Waals surface area contributed by atoms with Crippen LogP contribution in [0.3, 0.4) is 0 Å². The summed E-state index contributed by atoms with van der Waals surface area (Å²) < 4.78 is 0. The Morgan fingerprint density at radius 1 is 1.17 bits per heavy atom. The van der Waals surface area contributed by atoms with Crippen LogP contribution in [0.4, 0.5) is 5.69 Å². The maximum Gasteiger partial charge on any atom is 0.247 e. The summed E-state index contributed by atoms with van der Waals surface area (Å²) >= 11 is 0. The van der Waals surface area contributed by atoms with Crippen LogP contribution in [-0.4, -0.2) is 11.4 Å². The maximum atomic E-state index is 11.6. The van der Waals surface area contributed by atoms with E-state index in [9.17, 15) is 4.79 Å². The summed E-state index contributed by atoms with van der Waals surface area (Å²) in [7, 11) is 0. The molecule has 18 heavy (non-hydrogen) atoms. The van der Waals surface area contributed by atoms with E-state index in [1.165, 1.54) is 0 Å². The van der Waals surface area contributed by atoms with Gasteiger partial charge in [0.15, 0.2) is 5.54 Å². The summed E-state index contributed by atoms with van der Waals surface area (Å²) in [4.78, 5) is 11.6. The van der Waals surface area contributed by atoms with Gasteiger partial charge in [-0.1, -0.05) is 39.0 Å². The fraction of sp³-hybridized carbons (Fsp3) is 0.500. The molecule has 0 saturated carbocycles. The second kappa shape index (κ2) is 5.29. The molecule has 1 aromatic carbocycles. The Labute approximate surface area is 108 Å². The SMILES string of the molecule is CC(C)(C)CC(C)(N=Nc1ccccc1)C(N)=O. The number of benzene rings is 1. The fourth-order valence-corrected chi connectivity index (χ4v) is 1.87. The molecule has 1 amide bonds. The van der Waals surface area contributed by atoms with Crippen LogP contribution in [0.5, 0.6) is 0 Å². The van der Waals surface area contributed by atoms with E-state index in [1.807, 2.05) is 51.1 Å². The molecule has 0 bridgehead atoms. The highest BCUT2D eigenvalue weighted by molar-refractivity contribution is 5.84. The van der Waals surface area contributed by atoms with Crippen molar-refractivity contribution < 1.29 is 4.79 Å². The Morgan fingerprint density at radius 2 is 1.72 bits per heavy atom. The zero-order valence-electron chi connectivity index (χ0n) is 11.5. The van der Waals surface area contributed by atoms with Crippen molar-refractivity contribution in [2.24, 2.45) is 21.4 Å². The van der Waals surface area contributed by atoms with E-state index in [2.05, 4.69) is 10.2 Å². The number of azo groups is 1. The number of primary amides is 1. The molecule has 0 fully saturated rings. The van der Waals surface area contributed by atoms with Gasteiger partial charge in [-0.3, -0.25) is 4.79 Å². The van der Waals surface area contributed by atoms with Crippen molar-refractivity contribution in [3.63, 3.8) is 0 Å². The highest BCUT2D eigenvalue weighted by Gasteiger charge is 2.35. The second-order valence-corrected chi connectivity index (χ2v) is 5.91. The molecule has 4 nitrogen and oxygen atoms in total. The molecular weight excluding hydrogens is 226 g/mol. The predicted octanol–water partition coefficient (Wildman–Crippen LogP) is 3.45. The molecular formula is C14H21N3O. The lowest BCUT2D eigenvalue weighted by Gasteiger charge is -2.28. The zero-order valence-corrected chi connectivity index (χ0v) is 11.5. The smallest absolute Gasteiger partial charge is 0.247 e. The maximum absolute atomic E-state index is 11.6. The molecule has 0 heterocycles. The molecule has 1 rings (SSSR count). The van der Waals surface area contributed by atoms with Crippen LogP contribution in [0.1, 0.15) is 34.1 Å². The molecule has 98 valence electrons. The fourth-order valence-electron chi connectivity index (χ4n) is 1.87. The lowest BCUT2D eigenvalue weighted by Crippen LogP contribution is -2.42. The summed E-state index contributed by atoms with van der Waals surface area (Å²) in [5.41, 5.74) is 5.16. The van der Waals surface area contributed by atoms with Gasteiger partial charge < -0.3 is 5.73 Å². The monoisotopic (exact) mass is 247 g/mol. The van der Waals surface area contributed by atoms with Crippen LogP contribution in [0, 0.1) is 5.41 Å². The van der Waals surface area contributed by atoms with Crippen molar-refractivity contribution in [1.82, 2.24) is 0 Å². The van der Waals surface area contributed by atoms with Gasteiger partial charge in [0.05, 0.1) is 5.69 Å². The van der Waals surface area contributed by atoms with Gasteiger partial charge in [-0.2, -0.15) is 10.2 Å². The Hall–Kier alpha value is -1.71. The lowest BCUT2D eigenvalue weighted by molar-refractivity contribution is -0.123. The minimum atomic E-state index is -0.964. The topological polar surface area (TPSA) is 67.8 Å². The van der Waals surface area contributed by atoms with E-state index < -0.39 is 11.4 Å². The Bertz CT molecular complexity index is 434.